The number of amides is 1. The van der Waals surface area contributed by atoms with Gasteiger partial charge in [-0.25, -0.2) is 0 Å². The molecule has 1 heterocycles. The maximum atomic E-state index is 10.9. The van der Waals surface area contributed by atoms with Crippen LogP contribution in [0.3, 0.4) is 0 Å². The van der Waals surface area contributed by atoms with Gasteiger partial charge in [-0.3, -0.25) is 4.79 Å². The lowest BCUT2D eigenvalue weighted by molar-refractivity contribution is -0.119. The second-order valence-electron chi connectivity index (χ2n) is 3.56. The highest BCUT2D eigenvalue weighted by atomic mass is 16.1. The van der Waals surface area contributed by atoms with Crippen molar-refractivity contribution in [2.75, 3.05) is 6.54 Å². The van der Waals surface area contributed by atoms with E-state index in [4.69, 9.17) is 0 Å². The maximum absolute atomic E-state index is 10.9. The lowest BCUT2D eigenvalue weighted by Gasteiger charge is -2.05. The van der Waals surface area contributed by atoms with E-state index < -0.39 is 0 Å². The molecular weight excluding hydrogens is 162 g/mol. The zero-order valence-electron chi connectivity index (χ0n) is 7.49. The van der Waals surface area contributed by atoms with E-state index in [1.165, 1.54) is 5.56 Å². The fourth-order valence-corrected chi connectivity index (χ4v) is 1.76. The van der Waals surface area contributed by atoms with Crippen LogP contribution >= 0.6 is 0 Å². The predicted octanol–water partition coefficient (Wildman–Crippen LogP) is 1.37. The third kappa shape index (κ3) is 2.08. The summed E-state index contributed by atoms with van der Waals surface area (Å²) in [5.41, 5.74) is 1.32. The lowest BCUT2D eigenvalue weighted by Crippen LogP contribution is -2.14. The molecule has 1 fully saturated rings. The predicted molar refractivity (Wildman–Crippen MR) is 51.3 cm³/mol. The van der Waals surface area contributed by atoms with E-state index in [0.717, 1.165) is 13.0 Å². The Labute approximate surface area is 78.0 Å². The fraction of sp³-hybridized carbons (Fsp3) is 0.364. The standard InChI is InChI=1S/C11H13NO/c13-11-7-10(8-12-11)6-9-4-2-1-3-5-9/h1-5,10H,6-8H2,(H,12,13)/t10-/m0/s1. The molecular formula is C11H13NO. The van der Waals surface area contributed by atoms with E-state index in [2.05, 4.69) is 17.4 Å². The first-order valence-electron chi connectivity index (χ1n) is 4.65. The van der Waals surface area contributed by atoms with Crippen LogP contribution in [-0.4, -0.2) is 12.5 Å². The molecule has 1 amide bonds. The average molecular weight is 175 g/mol. The first-order chi connectivity index (χ1) is 6.34. The van der Waals surface area contributed by atoms with Crippen molar-refractivity contribution in [1.82, 2.24) is 5.32 Å². The summed E-state index contributed by atoms with van der Waals surface area (Å²) in [5, 5.41) is 2.85. The quantitative estimate of drug-likeness (QED) is 0.722. The van der Waals surface area contributed by atoms with Gasteiger partial charge in [-0.1, -0.05) is 30.3 Å². The molecule has 1 atom stereocenters. The van der Waals surface area contributed by atoms with Crippen molar-refractivity contribution in [3.8, 4) is 0 Å². The Bertz CT molecular complexity index is 294. The molecule has 1 aliphatic heterocycles. The second-order valence-corrected chi connectivity index (χ2v) is 3.56. The smallest absolute Gasteiger partial charge is 0.220 e. The molecule has 2 heteroatoms. The summed E-state index contributed by atoms with van der Waals surface area (Å²) in [7, 11) is 0. The summed E-state index contributed by atoms with van der Waals surface area (Å²) in [6.45, 7) is 0.841. The number of carbonyl (C=O) groups is 1. The molecule has 1 aromatic rings. The van der Waals surface area contributed by atoms with Gasteiger partial charge < -0.3 is 5.32 Å². The highest BCUT2D eigenvalue weighted by Crippen LogP contribution is 2.15. The van der Waals surface area contributed by atoms with Crippen LogP contribution in [0.2, 0.25) is 0 Å². The van der Waals surface area contributed by atoms with Gasteiger partial charge in [0.05, 0.1) is 0 Å². The largest absolute Gasteiger partial charge is 0.356 e. The van der Waals surface area contributed by atoms with Gasteiger partial charge in [0.15, 0.2) is 0 Å². The molecule has 2 rings (SSSR count). The summed E-state index contributed by atoms with van der Waals surface area (Å²) in [6.07, 6.45) is 1.70. The van der Waals surface area contributed by atoms with Crippen LogP contribution in [0.4, 0.5) is 0 Å². The highest BCUT2D eigenvalue weighted by molar-refractivity contribution is 5.78. The molecule has 68 valence electrons. The second kappa shape index (κ2) is 3.60. The van der Waals surface area contributed by atoms with Crippen molar-refractivity contribution in [3.63, 3.8) is 0 Å². The molecule has 0 radical (unpaired) electrons. The van der Waals surface area contributed by atoms with E-state index >= 15 is 0 Å². The van der Waals surface area contributed by atoms with Crippen LogP contribution < -0.4 is 5.32 Å². The van der Waals surface area contributed by atoms with Gasteiger partial charge in [0.2, 0.25) is 5.91 Å². The van der Waals surface area contributed by atoms with Crippen LogP contribution in [0.1, 0.15) is 12.0 Å². The molecule has 0 saturated carbocycles. The number of nitrogens with one attached hydrogen (secondary N) is 1. The molecule has 2 nitrogen and oxygen atoms in total. The molecule has 1 aliphatic rings. The molecule has 1 aromatic carbocycles. The van der Waals surface area contributed by atoms with E-state index in [0.29, 0.717) is 12.3 Å². The Hall–Kier alpha value is -1.31. The van der Waals surface area contributed by atoms with E-state index in [1.54, 1.807) is 0 Å². The number of carbonyl (C=O) groups excluding carboxylic acids is 1. The minimum absolute atomic E-state index is 0.195. The van der Waals surface area contributed by atoms with Gasteiger partial charge >= 0.3 is 0 Å². The lowest BCUT2D eigenvalue weighted by atomic mass is 9.99. The first kappa shape index (κ1) is 8.30. The Balaban J connectivity index is 1.96. The zero-order chi connectivity index (χ0) is 9.10. The minimum atomic E-state index is 0.195. The molecule has 1 N–H and O–H groups in total. The summed E-state index contributed by atoms with van der Waals surface area (Å²) >= 11 is 0. The van der Waals surface area contributed by atoms with Crippen molar-refractivity contribution in [2.45, 2.75) is 12.8 Å². The molecule has 0 aromatic heterocycles. The molecule has 0 aliphatic carbocycles. The van der Waals surface area contributed by atoms with Crippen LogP contribution in [0.25, 0.3) is 0 Å². The molecule has 0 spiro atoms. The minimum Gasteiger partial charge on any atom is -0.356 e. The fourth-order valence-electron chi connectivity index (χ4n) is 1.76. The monoisotopic (exact) mass is 175 g/mol. The SMILES string of the molecule is O=C1C[C@H](Cc2ccccc2)CN1. The summed E-state index contributed by atoms with van der Waals surface area (Å²) in [4.78, 5) is 10.9. The van der Waals surface area contributed by atoms with Gasteiger partial charge in [0.25, 0.3) is 0 Å². The Kier molecular flexibility index (Phi) is 2.30. The number of hydrogen-bond donors (Lipinski definition) is 1. The highest BCUT2D eigenvalue weighted by Gasteiger charge is 2.20. The van der Waals surface area contributed by atoms with Gasteiger partial charge in [-0.15, -0.1) is 0 Å². The molecule has 0 bridgehead atoms. The van der Waals surface area contributed by atoms with Crippen molar-refractivity contribution in [2.24, 2.45) is 5.92 Å². The first-order valence-corrected chi connectivity index (χ1v) is 4.65. The maximum Gasteiger partial charge on any atom is 0.220 e. The van der Waals surface area contributed by atoms with Gasteiger partial charge in [0.1, 0.15) is 0 Å². The third-order valence-corrected chi connectivity index (χ3v) is 2.43. The number of rotatable bonds is 2. The summed E-state index contributed by atoms with van der Waals surface area (Å²) in [5.74, 6) is 0.691. The van der Waals surface area contributed by atoms with Gasteiger partial charge in [0, 0.05) is 13.0 Å². The normalized spacial score (nSPS) is 21.5. The summed E-state index contributed by atoms with van der Waals surface area (Å²) < 4.78 is 0. The molecule has 13 heavy (non-hydrogen) atoms. The average Bonchev–Trinajstić information content (AvgIpc) is 2.53. The Morgan fingerprint density at radius 3 is 2.69 bits per heavy atom. The Morgan fingerprint density at radius 2 is 2.08 bits per heavy atom. The van der Waals surface area contributed by atoms with E-state index in [-0.39, 0.29) is 5.91 Å². The van der Waals surface area contributed by atoms with E-state index in [9.17, 15) is 4.79 Å². The van der Waals surface area contributed by atoms with Crippen LogP contribution in [0.5, 0.6) is 0 Å². The third-order valence-electron chi connectivity index (χ3n) is 2.43. The number of benzene rings is 1. The number of hydrogen-bond acceptors (Lipinski definition) is 1. The van der Waals surface area contributed by atoms with Crippen molar-refractivity contribution in [3.05, 3.63) is 35.9 Å². The summed E-state index contributed by atoms with van der Waals surface area (Å²) in [6, 6.07) is 10.3. The molecule has 1 saturated heterocycles. The van der Waals surface area contributed by atoms with Crippen LogP contribution in [-0.2, 0) is 11.2 Å². The van der Waals surface area contributed by atoms with Crippen molar-refractivity contribution >= 4 is 5.91 Å². The van der Waals surface area contributed by atoms with Crippen molar-refractivity contribution in [1.29, 1.82) is 0 Å². The Morgan fingerprint density at radius 1 is 1.31 bits per heavy atom. The van der Waals surface area contributed by atoms with E-state index in [1.807, 2.05) is 18.2 Å². The molecule has 0 unspecified atom stereocenters. The van der Waals surface area contributed by atoms with Crippen LogP contribution in [0.15, 0.2) is 30.3 Å². The van der Waals surface area contributed by atoms with Crippen LogP contribution in [0, 0.1) is 5.92 Å². The van der Waals surface area contributed by atoms with Gasteiger partial charge in [-0.05, 0) is 17.9 Å². The zero-order valence-corrected chi connectivity index (χ0v) is 7.49. The van der Waals surface area contributed by atoms with Gasteiger partial charge in [-0.2, -0.15) is 0 Å². The van der Waals surface area contributed by atoms with Crippen molar-refractivity contribution < 1.29 is 4.79 Å². The topological polar surface area (TPSA) is 29.1 Å².